The molecular formula is C12H16N2O2. The van der Waals surface area contributed by atoms with Crippen molar-refractivity contribution in [2.24, 2.45) is 0 Å². The van der Waals surface area contributed by atoms with Crippen LogP contribution in [0.5, 0.6) is 0 Å². The van der Waals surface area contributed by atoms with Gasteiger partial charge >= 0.3 is 5.97 Å². The van der Waals surface area contributed by atoms with Crippen molar-refractivity contribution in [1.29, 1.82) is 0 Å². The first-order valence-electron chi connectivity index (χ1n) is 5.26. The lowest BCUT2D eigenvalue weighted by Crippen LogP contribution is -2.06. The standard InChI is InChI=1S/C12H16N2O2/c1-3-5-8-13-11-7-6-10(9-14-11)12(15)16-4-2/h3,6-7,9H,1,4-5,8H2,2H3,(H,13,14). The van der Waals surface area contributed by atoms with Crippen molar-refractivity contribution < 1.29 is 9.53 Å². The van der Waals surface area contributed by atoms with Crippen LogP contribution in [0.15, 0.2) is 31.0 Å². The SMILES string of the molecule is C=CCCNc1ccc(C(=O)OCC)cn1. The first-order valence-corrected chi connectivity index (χ1v) is 5.26. The lowest BCUT2D eigenvalue weighted by Gasteiger charge is -2.04. The maximum Gasteiger partial charge on any atom is 0.339 e. The van der Waals surface area contributed by atoms with E-state index in [1.54, 1.807) is 19.1 Å². The van der Waals surface area contributed by atoms with E-state index in [1.165, 1.54) is 6.20 Å². The number of esters is 1. The molecule has 0 aromatic carbocycles. The van der Waals surface area contributed by atoms with Gasteiger partial charge in [0.1, 0.15) is 5.82 Å². The Labute approximate surface area is 95.3 Å². The van der Waals surface area contributed by atoms with E-state index < -0.39 is 0 Å². The highest BCUT2D eigenvalue weighted by atomic mass is 16.5. The van der Waals surface area contributed by atoms with Gasteiger partial charge in [-0.15, -0.1) is 6.58 Å². The van der Waals surface area contributed by atoms with Crippen molar-refractivity contribution in [2.45, 2.75) is 13.3 Å². The minimum Gasteiger partial charge on any atom is -0.462 e. The summed E-state index contributed by atoms with van der Waals surface area (Å²) in [5.74, 6) is 0.405. The van der Waals surface area contributed by atoms with Gasteiger partial charge in [0.15, 0.2) is 0 Å². The molecule has 86 valence electrons. The number of carbonyl (C=O) groups excluding carboxylic acids is 1. The number of hydrogen-bond acceptors (Lipinski definition) is 4. The molecule has 0 spiro atoms. The Morgan fingerprint density at radius 1 is 1.62 bits per heavy atom. The van der Waals surface area contributed by atoms with Crippen LogP contribution in [-0.2, 0) is 4.74 Å². The largest absolute Gasteiger partial charge is 0.462 e. The summed E-state index contributed by atoms with van der Waals surface area (Å²) in [5, 5.41) is 3.11. The van der Waals surface area contributed by atoms with Crippen molar-refractivity contribution in [3.05, 3.63) is 36.5 Å². The third-order valence-corrected chi connectivity index (χ3v) is 1.93. The molecule has 0 saturated carbocycles. The summed E-state index contributed by atoms with van der Waals surface area (Å²) in [6, 6.07) is 3.45. The van der Waals surface area contributed by atoms with E-state index in [0.717, 1.165) is 18.8 Å². The van der Waals surface area contributed by atoms with Crippen LogP contribution in [-0.4, -0.2) is 24.1 Å². The molecule has 1 aromatic rings. The van der Waals surface area contributed by atoms with Crippen LogP contribution < -0.4 is 5.32 Å². The van der Waals surface area contributed by atoms with E-state index in [0.29, 0.717) is 12.2 Å². The molecule has 0 radical (unpaired) electrons. The Balaban J connectivity index is 2.53. The van der Waals surface area contributed by atoms with Gasteiger partial charge < -0.3 is 10.1 Å². The lowest BCUT2D eigenvalue weighted by atomic mass is 10.3. The highest BCUT2D eigenvalue weighted by molar-refractivity contribution is 5.89. The number of nitrogens with one attached hydrogen (secondary N) is 1. The number of pyridine rings is 1. The molecule has 0 saturated heterocycles. The van der Waals surface area contributed by atoms with Crippen LogP contribution in [0.4, 0.5) is 5.82 Å². The zero-order chi connectivity index (χ0) is 11.8. The second-order valence-electron chi connectivity index (χ2n) is 3.16. The van der Waals surface area contributed by atoms with Crippen molar-refractivity contribution in [2.75, 3.05) is 18.5 Å². The Kier molecular flexibility index (Phi) is 5.05. The molecule has 0 unspecified atom stereocenters. The van der Waals surface area contributed by atoms with Gasteiger partial charge in [-0.3, -0.25) is 0 Å². The molecule has 0 amide bonds. The van der Waals surface area contributed by atoms with Gasteiger partial charge in [-0.25, -0.2) is 9.78 Å². The molecule has 0 aliphatic rings. The van der Waals surface area contributed by atoms with Gasteiger partial charge in [0.25, 0.3) is 0 Å². The van der Waals surface area contributed by atoms with Crippen LogP contribution in [0.25, 0.3) is 0 Å². The number of anilines is 1. The zero-order valence-electron chi connectivity index (χ0n) is 9.40. The first kappa shape index (κ1) is 12.2. The number of rotatable bonds is 6. The molecule has 4 heteroatoms. The van der Waals surface area contributed by atoms with Gasteiger partial charge in [-0.05, 0) is 25.5 Å². The molecule has 0 atom stereocenters. The Morgan fingerprint density at radius 2 is 2.44 bits per heavy atom. The fourth-order valence-corrected chi connectivity index (χ4v) is 1.14. The molecule has 0 fully saturated rings. The second-order valence-corrected chi connectivity index (χ2v) is 3.16. The van der Waals surface area contributed by atoms with Gasteiger partial charge in [0.05, 0.1) is 12.2 Å². The summed E-state index contributed by atoms with van der Waals surface area (Å²) in [5.41, 5.74) is 0.469. The van der Waals surface area contributed by atoms with Crippen molar-refractivity contribution >= 4 is 11.8 Å². The highest BCUT2D eigenvalue weighted by Crippen LogP contribution is 2.06. The lowest BCUT2D eigenvalue weighted by molar-refractivity contribution is 0.0526. The summed E-state index contributed by atoms with van der Waals surface area (Å²) in [4.78, 5) is 15.4. The minimum atomic E-state index is -0.340. The van der Waals surface area contributed by atoms with Crippen LogP contribution >= 0.6 is 0 Å². The van der Waals surface area contributed by atoms with Crippen LogP contribution in [0.2, 0.25) is 0 Å². The topological polar surface area (TPSA) is 51.2 Å². The number of ether oxygens (including phenoxy) is 1. The highest BCUT2D eigenvalue weighted by Gasteiger charge is 2.05. The molecular weight excluding hydrogens is 204 g/mol. The van der Waals surface area contributed by atoms with Gasteiger partial charge in [0, 0.05) is 12.7 Å². The first-order chi connectivity index (χ1) is 7.77. The number of aromatic nitrogens is 1. The summed E-state index contributed by atoms with van der Waals surface area (Å²) < 4.78 is 4.85. The monoisotopic (exact) mass is 220 g/mol. The van der Waals surface area contributed by atoms with E-state index in [1.807, 2.05) is 6.08 Å². The predicted molar refractivity (Wildman–Crippen MR) is 63.5 cm³/mol. The summed E-state index contributed by atoms with van der Waals surface area (Å²) in [7, 11) is 0. The van der Waals surface area contributed by atoms with E-state index in [4.69, 9.17) is 4.74 Å². The van der Waals surface area contributed by atoms with E-state index in [-0.39, 0.29) is 5.97 Å². The minimum absolute atomic E-state index is 0.340. The van der Waals surface area contributed by atoms with E-state index >= 15 is 0 Å². The average molecular weight is 220 g/mol. The third-order valence-electron chi connectivity index (χ3n) is 1.93. The Morgan fingerprint density at radius 3 is 3.00 bits per heavy atom. The molecule has 1 heterocycles. The Hall–Kier alpha value is -1.84. The molecule has 0 aliphatic heterocycles. The van der Waals surface area contributed by atoms with Crippen molar-refractivity contribution in [1.82, 2.24) is 4.98 Å². The quantitative estimate of drug-likeness (QED) is 0.454. The smallest absolute Gasteiger partial charge is 0.339 e. The Bertz CT molecular complexity index is 347. The molecule has 1 aromatic heterocycles. The number of nitrogens with zero attached hydrogens (tertiary/aromatic N) is 1. The summed E-state index contributed by atoms with van der Waals surface area (Å²) in [6.07, 6.45) is 4.22. The fourth-order valence-electron chi connectivity index (χ4n) is 1.14. The molecule has 0 aliphatic carbocycles. The molecule has 0 bridgehead atoms. The van der Waals surface area contributed by atoms with Crippen LogP contribution in [0.1, 0.15) is 23.7 Å². The van der Waals surface area contributed by atoms with Crippen LogP contribution in [0, 0.1) is 0 Å². The van der Waals surface area contributed by atoms with Gasteiger partial charge in [-0.1, -0.05) is 6.08 Å². The predicted octanol–water partition coefficient (Wildman–Crippen LogP) is 2.25. The normalized spacial score (nSPS) is 9.56. The zero-order valence-corrected chi connectivity index (χ0v) is 9.40. The van der Waals surface area contributed by atoms with E-state index in [9.17, 15) is 4.79 Å². The maximum absolute atomic E-state index is 11.3. The molecule has 4 nitrogen and oxygen atoms in total. The molecule has 1 N–H and O–H groups in total. The second kappa shape index (κ2) is 6.61. The maximum atomic E-state index is 11.3. The van der Waals surface area contributed by atoms with Crippen LogP contribution in [0.3, 0.4) is 0 Å². The summed E-state index contributed by atoms with van der Waals surface area (Å²) >= 11 is 0. The molecule has 1 rings (SSSR count). The van der Waals surface area contributed by atoms with Crippen molar-refractivity contribution in [3.63, 3.8) is 0 Å². The van der Waals surface area contributed by atoms with Gasteiger partial charge in [0.2, 0.25) is 0 Å². The number of hydrogen-bond donors (Lipinski definition) is 1. The fraction of sp³-hybridized carbons (Fsp3) is 0.333. The molecule has 16 heavy (non-hydrogen) atoms. The van der Waals surface area contributed by atoms with E-state index in [2.05, 4.69) is 16.9 Å². The third kappa shape index (κ3) is 3.73. The van der Waals surface area contributed by atoms with Gasteiger partial charge in [-0.2, -0.15) is 0 Å². The average Bonchev–Trinajstić information content (AvgIpc) is 2.30. The summed E-state index contributed by atoms with van der Waals surface area (Å²) in [6.45, 7) is 6.56. The number of carbonyl (C=O) groups is 1. The van der Waals surface area contributed by atoms with Crippen molar-refractivity contribution in [3.8, 4) is 0 Å².